The van der Waals surface area contributed by atoms with Crippen molar-refractivity contribution in [2.75, 3.05) is 13.1 Å². The molecule has 1 fully saturated rings. The molecule has 1 aliphatic rings. The number of benzene rings is 2. The summed E-state index contributed by atoms with van der Waals surface area (Å²) >= 11 is 6.01. The van der Waals surface area contributed by atoms with Crippen molar-refractivity contribution in [2.45, 2.75) is 32.1 Å². The number of carbonyl (C=O) groups excluding carboxylic acids is 1. The number of hydrogen-bond acceptors (Lipinski definition) is 4. The summed E-state index contributed by atoms with van der Waals surface area (Å²) in [6.07, 6.45) is 4.05. The van der Waals surface area contributed by atoms with Crippen LogP contribution in [0.1, 0.15) is 30.7 Å². The molecule has 2 aromatic carbocycles. The molecular formula is C23H24ClN3O2. The van der Waals surface area contributed by atoms with Gasteiger partial charge in [0.25, 0.3) is 0 Å². The van der Waals surface area contributed by atoms with Crippen LogP contribution in [0.4, 0.5) is 0 Å². The fourth-order valence-corrected chi connectivity index (χ4v) is 4.00. The molecule has 0 saturated carbocycles. The predicted molar refractivity (Wildman–Crippen MR) is 113 cm³/mol. The Labute approximate surface area is 175 Å². The van der Waals surface area contributed by atoms with Gasteiger partial charge in [0, 0.05) is 36.5 Å². The number of aryl methyl sites for hydroxylation is 1. The summed E-state index contributed by atoms with van der Waals surface area (Å²) in [7, 11) is 0. The van der Waals surface area contributed by atoms with Crippen molar-refractivity contribution < 1.29 is 9.32 Å². The molecule has 0 unspecified atom stereocenters. The zero-order chi connectivity index (χ0) is 20.1. The smallest absolute Gasteiger partial charge is 0.227 e. The first kappa shape index (κ1) is 19.6. The van der Waals surface area contributed by atoms with Crippen molar-refractivity contribution in [2.24, 2.45) is 5.92 Å². The Kier molecular flexibility index (Phi) is 6.25. The van der Waals surface area contributed by atoms with Crippen LogP contribution in [0.2, 0.25) is 5.02 Å². The number of likely N-dealkylation sites (tertiary alicyclic amines) is 1. The van der Waals surface area contributed by atoms with E-state index in [1.165, 1.54) is 5.56 Å². The van der Waals surface area contributed by atoms with Gasteiger partial charge in [0.1, 0.15) is 0 Å². The molecule has 6 heteroatoms. The number of piperidine rings is 1. The number of halogens is 1. The van der Waals surface area contributed by atoms with E-state index >= 15 is 0 Å². The fourth-order valence-electron chi connectivity index (χ4n) is 3.81. The molecule has 29 heavy (non-hydrogen) atoms. The molecule has 0 spiro atoms. The summed E-state index contributed by atoms with van der Waals surface area (Å²) in [5.41, 5.74) is 2.18. The SMILES string of the molecule is O=C(CCc1nc(-c2cccc(Cl)c2)no1)N1CCC(Cc2ccccc2)CC1. The summed E-state index contributed by atoms with van der Waals surface area (Å²) in [5.74, 6) is 1.78. The van der Waals surface area contributed by atoms with Gasteiger partial charge in [-0.1, -0.05) is 59.2 Å². The number of hydrogen-bond donors (Lipinski definition) is 0. The lowest BCUT2D eigenvalue weighted by Crippen LogP contribution is -2.39. The Morgan fingerprint density at radius 2 is 1.90 bits per heavy atom. The maximum absolute atomic E-state index is 12.6. The molecule has 0 bridgehead atoms. The van der Waals surface area contributed by atoms with Crippen molar-refractivity contribution in [3.8, 4) is 11.4 Å². The number of carbonyl (C=O) groups is 1. The van der Waals surface area contributed by atoms with Crippen LogP contribution in [-0.2, 0) is 17.6 Å². The standard InChI is InChI=1S/C23H24ClN3O2/c24-20-8-4-7-19(16-20)23-25-21(29-26-23)9-10-22(28)27-13-11-18(12-14-27)15-17-5-2-1-3-6-17/h1-8,16,18H,9-15H2. The molecule has 2 heterocycles. The highest BCUT2D eigenvalue weighted by Gasteiger charge is 2.23. The van der Waals surface area contributed by atoms with Gasteiger partial charge in [-0.25, -0.2) is 0 Å². The highest BCUT2D eigenvalue weighted by atomic mass is 35.5. The molecule has 3 aromatic rings. The highest BCUT2D eigenvalue weighted by molar-refractivity contribution is 6.30. The van der Waals surface area contributed by atoms with Gasteiger partial charge in [0.2, 0.25) is 17.6 Å². The van der Waals surface area contributed by atoms with Gasteiger partial charge in [0.15, 0.2) is 0 Å². The molecule has 5 nitrogen and oxygen atoms in total. The van der Waals surface area contributed by atoms with E-state index in [9.17, 15) is 4.79 Å². The number of rotatable bonds is 6. The zero-order valence-corrected chi connectivity index (χ0v) is 17.0. The molecule has 150 valence electrons. The lowest BCUT2D eigenvalue weighted by Gasteiger charge is -2.32. The Balaban J connectivity index is 1.24. The molecule has 0 radical (unpaired) electrons. The van der Waals surface area contributed by atoms with Crippen LogP contribution in [0, 0.1) is 5.92 Å². The molecule has 0 aliphatic carbocycles. The average Bonchev–Trinajstić information content (AvgIpc) is 3.22. The molecule has 1 amide bonds. The van der Waals surface area contributed by atoms with Crippen LogP contribution in [0.25, 0.3) is 11.4 Å². The quantitative estimate of drug-likeness (QED) is 0.586. The minimum absolute atomic E-state index is 0.158. The van der Waals surface area contributed by atoms with Crippen molar-refractivity contribution in [3.63, 3.8) is 0 Å². The highest BCUT2D eigenvalue weighted by Crippen LogP contribution is 2.23. The van der Waals surface area contributed by atoms with Crippen LogP contribution in [-0.4, -0.2) is 34.0 Å². The number of aromatic nitrogens is 2. The molecule has 0 atom stereocenters. The number of amides is 1. The normalized spacial score (nSPS) is 14.9. The molecule has 1 aliphatic heterocycles. The van der Waals surface area contributed by atoms with E-state index < -0.39 is 0 Å². The second kappa shape index (κ2) is 9.23. The van der Waals surface area contributed by atoms with Crippen LogP contribution < -0.4 is 0 Å². The van der Waals surface area contributed by atoms with E-state index in [0.29, 0.717) is 35.5 Å². The molecule has 1 aromatic heterocycles. The molecule has 0 N–H and O–H groups in total. The van der Waals surface area contributed by atoms with Gasteiger partial charge in [-0.2, -0.15) is 4.98 Å². The lowest BCUT2D eigenvalue weighted by atomic mass is 9.90. The van der Waals surface area contributed by atoms with Crippen LogP contribution in [0.15, 0.2) is 59.1 Å². The summed E-state index contributed by atoms with van der Waals surface area (Å²) in [6.45, 7) is 1.65. The summed E-state index contributed by atoms with van der Waals surface area (Å²) in [4.78, 5) is 18.9. The number of nitrogens with zero attached hydrogens (tertiary/aromatic N) is 3. The van der Waals surface area contributed by atoms with E-state index in [4.69, 9.17) is 16.1 Å². The topological polar surface area (TPSA) is 59.2 Å². The van der Waals surface area contributed by atoms with Gasteiger partial charge in [0.05, 0.1) is 0 Å². The van der Waals surface area contributed by atoms with Crippen molar-refractivity contribution in [1.29, 1.82) is 0 Å². The predicted octanol–water partition coefficient (Wildman–Crippen LogP) is 4.80. The third-order valence-corrected chi connectivity index (χ3v) is 5.67. The maximum atomic E-state index is 12.6. The third-order valence-electron chi connectivity index (χ3n) is 5.44. The van der Waals surface area contributed by atoms with Crippen molar-refractivity contribution in [3.05, 3.63) is 71.1 Å². The van der Waals surface area contributed by atoms with E-state index in [-0.39, 0.29) is 5.91 Å². The minimum atomic E-state index is 0.158. The Bertz CT molecular complexity index is 950. The van der Waals surface area contributed by atoms with Crippen LogP contribution in [0.3, 0.4) is 0 Å². The van der Waals surface area contributed by atoms with Gasteiger partial charge < -0.3 is 9.42 Å². The van der Waals surface area contributed by atoms with E-state index in [1.807, 2.05) is 23.1 Å². The average molecular weight is 410 g/mol. The first-order valence-corrected chi connectivity index (χ1v) is 10.5. The zero-order valence-electron chi connectivity index (χ0n) is 16.3. The third kappa shape index (κ3) is 5.24. The van der Waals surface area contributed by atoms with Crippen LogP contribution in [0.5, 0.6) is 0 Å². The summed E-state index contributed by atoms with van der Waals surface area (Å²) in [6, 6.07) is 17.9. The molecule has 4 rings (SSSR count). The van der Waals surface area contributed by atoms with Crippen molar-refractivity contribution >= 4 is 17.5 Å². The van der Waals surface area contributed by atoms with Crippen molar-refractivity contribution in [1.82, 2.24) is 15.0 Å². The lowest BCUT2D eigenvalue weighted by molar-refractivity contribution is -0.132. The largest absolute Gasteiger partial charge is 0.343 e. The maximum Gasteiger partial charge on any atom is 0.227 e. The first-order chi connectivity index (χ1) is 14.2. The van der Waals surface area contributed by atoms with E-state index in [2.05, 4.69) is 34.4 Å². The second-order valence-electron chi connectivity index (χ2n) is 7.54. The van der Waals surface area contributed by atoms with Gasteiger partial charge in [-0.3, -0.25) is 4.79 Å². The minimum Gasteiger partial charge on any atom is -0.343 e. The van der Waals surface area contributed by atoms with Gasteiger partial charge in [-0.05, 0) is 42.9 Å². The fraction of sp³-hybridized carbons (Fsp3) is 0.348. The summed E-state index contributed by atoms with van der Waals surface area (Å²) in [5, 5.41) is 4.62. The van der Waals surface area contributed by atoms with Gasteiger partial charge >= 0.3 is 0 Å². The van der Waals surface area contributed by atoms with Gasteiger partial charge in [-0.15, -0.1) is 0 Å². The van der Waals surface area contributed by atoms with E-state index in [1.54, 1.807) is 12.1 Å². The Morgan fingerprint density at radius 1 is 1.10 bits per heavy atom. The molecule has 1 saturated heterocycles. The Morgan fingerprint density at radius 3 is 2.66 bits per heavy atom. The second-order valence-corrected chi connectivity index (χ2v) is 7.97. The first-order valence-electron chi connectivity index (χ1n) is 10.1. The monoisotopic (exact) mass is 409 g/mol. The Hall–Kier alpha value is -2.66. The summed E-state index contributed by atoms with van der Waals surface area (Å²) < 4.78 is 5.31. The van der Waals surface area contributed by atoms with Crippen LogP contribution >= 0.6 is 11.6 Å². The van der Waals surface area contributed by atoms with E-state index in [0.717, 1.165) is 37.9 Å². The molecular weight excluding hydrogens is 386 g/mol.